The second kappa shape index (κ2) is 7.70. The Morgan fingerprint density at radius 2 is 2.12 bits per heavy atom. The number of aromatic hydroxyl groups is 1. The monoisotopic (exact) mass is 405 g/mol. The number of thiocarbonyl (C=S) groups is 1. The summed E-state index contributed by atoms with van der Waals surface area (Å²) < 4.78 is 5.86. The summed E-state index contributed by atoms with van der Waals surface area (Å²) in [5, 5.41) is 10.1. The van der Waals surface area contributed by atoms with E-state index in [1.54, 1.807) is 18.2 Å². The normalized spacial score (nSPS) is 15.8. The minimum Gasteiger partial charge on any atom is -0.503 e. The molecule has 0 atom stereocenters. The van der Waals surface area contributed by atoms with Crippen molar-refractivity contribution in [1.82, 2.24) is 0 Å². The summed E-state index contributed by atoms with van der Waals surface area (Å²) in [7, 11) is 0. The first-order chi connectivity index (χ1) is 12.4. The van der Waals surface area contributed by atoms with Gasteiger partial charge in [-0.2, -0.15) is 0 Å². The van der Waals surface area contributed by atoms with Crippen molar-refractivity contribution in [3.63, 3.8) is 0 Å². The van der Waals surface area contributed by atoms with Gasteiger partial charge in [0.05, 0.1) is 22.2 Å². The number of rotatable bonds is 4. The molecule has 0 unspecified atom stereocenters. The SMILES string of the molecule is CCOc1cc(/C=C2/SC(=S)N(c3cccc(C)c3)C2=O)cc(Cl)c1O. The van der Waals surface area contributed by atoms with Crippen LogP contribution in [0.15, 0.2) is 41.3 Å². The molecule has 1 heterocycles. The van der Waals surface area contributed by atoms with Crippen LogP contribution in [0, 0.1) is 6.92 Å². The third kappa shape index (κ3) is 3.72. The van der Waals surface area contributed by atoms with Crippen molar-refractivity contribution in [2.45, 2.75) is 13.8 Å². The lowest BCUT2D eigenvalue weighted by atomic mass is 10.1. The van der Waals surface area contributed by atoms with Crippen molar-refractivity contribution in [3.05, 3.63) is 57.5 Å². The Hall–Kier alpha value is -2.02. The summed E-state index contributed by atoms with van der Waals surface area (Å²) in [5.41, 5.74) is 2.45. The molecule has 1 saturated heterocycles. The van der Waals surface area contributed by atoms with E-state index in [1.165, 1.54) is 16.7 Å². The molecule has 26 heavy (non-hydrogen) atoms. The van der Waals surface area contributed by atoms with Crippen LogP contribution in [-0.4, -0.2) is 21.9 Å². The van der Waals surface area contributed by atoms with Gasteiger partial charge in [0.1, 0.15) is 0 Å². The quantitative estimate of drug-likeness (QED) is 0.562. The smallest absolute Gasteiger partial charge is 0.270 e. The zero-order valence-electron chi connectivity index (χ0n) is 14.2. The van der Waals surface area contributed by atoms with Crippen LogP contribution >= 0.6 is 35.6 Å². The van der Waals surface area contributed by atoms with E-state index in [1.807, 2.05) is 38.1 Å². The number of hydrogen-bond donors (Lipinski definition) is 1. The highest BCUT2D eigenvalue weighted by atomic mass is 35.5. The summed E-state index contributed by atoms with van der Waals surface area (Å²) in [6.45, 7) is 4.17. The fourth-order valence-corrected chi connectivity index (χ4v) is 4.07. The minimum atomic E-state index is -0.187. The molecule has 0 aliphatic carbocycles. The largest absolute Gasteiger partial charge is 0.503 e. The molecule has 1 aliphatic rings. The first kappa shape index (κ1) is 18.8. The predicted molar refractivity (Wildman–Crippen MR) is 111 cm³/mol. The Morgan fingerprint density at radius 3 is 2.81 bits per heavy atom. The number of thioether (sulfide) groups is 1. The van der Waals surface area contributed by atoms with Crippen LogP contribution in [0.25, 0.3) is 6.08 Å². The number of aryl methyl sites for hydroxylation is 1. The highest BCUT2D eigenvalue weighted by Gasteiger charge is 2.33. The van der Waals surface area contributed by atoms with Crippen LogP contribution in [-0.2, 0) is 4.79 Å². The topological polar surface area (TPSA) is 49.8 Å². The average molecular weight is 406 g/mol. The number of amides is 1. The molecule has 0 aromatic heterocycles. The van der Waals surface area contributed by atoms with E-state index >= 15 is 0 Å². The number of carbonyl (C=O) groups excluding carboxylic acids is 1. The maximum absolute atomic E-state index is 12.8. The molecule has 1 N–H and O–H groups in total. The second-order valence-electron chi connectivity index (χ2n) is 5.64. The lowest BCUT2D eigenvalue weighted by Gasteiger charge is -2.14. The lowest BCUT2D eigenvalue weighted by Crippen LogP contribution is -2.27. The molecule has 1 aliphatic heterocycles. The van der Waals surface area contributed by atoms with E-state index in [4.69, 9.17) is 28.6 Å². The number of hydrogen-bond acceptors (Lipinski definition) is 5. The zero-order chi connectivity index (χ0) is 18.8. The molecule has 2 aromatic rings. The minimum absolute atomic E-state index is 0.113. The molecule has 4 nitrogen and oxygen atoms in total. The van der Waals surface area contributed by atoms with E-state index in [9.17, 15) is 9.90 Å². The Bertz CT molecular complexity index is 927. The number of benzene rings is 2. The summed E-state index contributed by atoms with van der Waals surface area (Å²) in [5.74, 6) is -0.0221. The molecule has 134 valence electrons. The number of phenolic OH excluding ortho intramolecular Hbond substituents is 1. The molecule has 0 bridgehead atoms. The van der Waals surface area contributed by atoms with Crippen LogP contribution in [0.2, 0.25) is 5.02 Å². The molecule has 0 saturated carbocycles. The highest BCUT2D eigenvalue weighted by molar-refractivity contribution is 8.27. The zero-order valence-corrected chi connectivity index (χ0v) is 16.5. The summed E-state index contributed by atoms with van der Waals surface area (Å²) >= 11 is 12.7. The van der Waals surface area contributed by atoms with Crippen LogP contribution in [0.4, 0.5) is 5.69 Å². The molecule has 7 heteroatoms. The summed E-state index contributed by atoms with van der Waals surface area (Å²) in [6.07, 6.45) is 1.70. The first-order valence-corrected chi connectivity index (χ1v) is 9.51. The van der Waals surface area contributed by atoms with Gasteiger partial charge in [-0.15, -0.1) is 0 Å². The molecule has 2 aromatic carbocycles. The number of phenols is 1. The van der Waals surface area contributed by atoms with Gasteiger partial charge in [0.15, 0.2) is 15.8 Å². The highest BCUT2D eigenvalue weighted by Crippen LogP contribution is 2.39. The van der Waals surface area contributed by atoms with E-state index in [-0.39, 0.29) is 22.4 Å². The summed E-state index contributed by atoms with van der Waals surface area (Å²) in [4.78, 5) is 14.8. The lowest BCUT2D eigenvalue weighted by molar-refractivity contribution is -0.113. The van der Waals surface area contributed by atoms with Gasteiger partial charge in [0.25, 0.3) is 5.91 Å². The maximum atomic E-state index is 12.8. The van der Waals surface area contributed by atoms with Crippen molar-refractivity contribution in [1.29, 1.82) is 0 Å². The Morgan fingerprint density at radius 1 is 1.35 bits per heavy atom. The van der Waals surface area contributed by atoms with Gasteiger partial charge in [0.2, 0.25) is 0 Å². The van der Waals surface area contributed by atoms with Crippen LogP contribution in [0.3, 0.4) is 0 Å². The number of carbonyl (C=O) groups is 1. The van der Waals surface area contributed by atoms with Crippen molar-refractivity contribution in [2.75, 3.05) is 11.5 Å². The molecule has 0 radical (unpaired) electrons. The number of ether oxygens (including phenoxy) is 1. The number of nitrogens with zero attached hydrogens (tertiary/aromatic N) is 1. The van der Waals surface area contributed by atoms with E-state index < -0.39 is 0 Å². The van der Waals surface area contributed by atoms with E-state index in [2.05, 4.69) is 0 Å². The summed E-state index contributed by atoms with van der Waals surface area (Å²) in [6, 6.07) is 10.8. The molecule has 0 spiro atoms. The van der Waals surface area contributed by atoms with Crippen molar-refractivity contribution in [2.24, 2.45) is 0 Å². The van der Waals surface area contributed by atoms with Crippen LogP contribution in [0.1, 0.15) is 18.1 Å². The van der Waals surface area contributed by atoms with Crippen molar-refractivity contribution >= 4 is 57.6 Å². The molecule has 1 amide bonds. The predicted octanol–water partition coefficient (Wildman–Crippen LogP) is 5.16. The van der Waals surface area contributed by atoms with Crippen LogP contribution < -0.4 is 9.64 Å². The van der Waals surface area contributed by atoms with Gasteiger partial charge in [-0.05, 0) is 55.3 Å². The third-order valence-electron chi connectivity index (χ3n) is 3.70. The molecule has 3 rings (SSSR count). The number of halogens is 1. The Kier molecular flexibility index (Phi) is 5.55. The fourth-order valence-electron chi connectivity index (χ4n) is 2.55. The third-order valence-corrected chi connectivity index (χ3v) is 5.29. The van der Waals surface area contributed by atoms with Gasteiger partial charge in [0, 0.05) is 0 Å². The Balaban J connectivity index is 1.96. The van der Waals surface area contributed by atoms with Gasteiger partial charge < -0.3 is 9.84 Å². The number of anilines is 1. The van der Waals surface area contributed by atoms with Gasteiger partial charge in [-0.25, -0.2) is 0 Å². The average Bonchev–Trinajstić information content (AvgIpc) is 2.86. The van der Waals surface area contributed by atoms with Crippen LogP contribution in [0.5, 0.6) is 11.5 Å². The molecular weight excluding hydrogens is 390 g/mol. The van der Waals surface area contributed by atoms with Gasteiger partial charge in [-0.1, -0.05) is 47.7 Å². The van der Waals surface area contributed by atoms with Gasteiger partial charge in [-0.3, -0.25) is 9.69 Å². The maximum Gasteiger partial charge on any atom is 0.270 e. The first-order valence-electron chi connectivity index (χ1n) is 7.90. The van der Waals surface area contributed by atoms with E-state index in [0.717, 1.165) is 11.3 Å². The second-order valence-corrected chi connectivity index (χ2v) is 7.72. The van der Waals surface area contributed by atoms with E-state index in [0.29, 0.717) is 21.4 Å². The molecular formula is C19H16ClNO3S2. The molecule has 1 fully saturated rings. The Labute approximate surface area is 166 Å². The van der Waals surface area contributed by atoms with Crippen molar-refractivity contribution in [3.8, 4) is 11.5 Å². The van der Waals surface area contributed by atoms with Crippen molar-refractivity contribution < 1.29 is 14.6 Å². The fraction of sp³-hybridized carbons (Fsp3) is 0.158. The van der Waals surface area contributed by atoms with Gasteiger partial charge >= 0.3 is 0 Å². The standard InChI is InChI=1S/C19H16ClNO3S2/c1-3-24-15-9-12(8-14(20)17(15)22)10-16-18(23)21(19(25)26-16)13-6-4-5-11(2)7-13/h4-10,22H,3H2,1-2H3/b16-10+.